The fourth-order valence-corrected chi connectivity index (χ4v) is 4.03. The number of benzene rings is 2. The summed E-state index contributed by atoms with van der Waals surface area (Å²) in [7, 11) is 1.51. The number of nitrogens with one attached hydrogen (secondary N) is 1. The van der Waals surface area contributed by atoms with Gasteiger partial charge in [0.25, 0.3) is 5.91 Å². The number of methoxy groups -OCH3 is 1. The zero-order chi connectivity index (χ0) is 23.2. The molecule has 3 aromatic rings. The minimum Gasteiger partial charge on any atom is -0.493 e. The Morgan fingerprint density at radius 1 is 1.09 bits per heavy atom. The van der Waals surface area contributed by atoms with Gasteiger partial charge in [-0.05, 0) is 43.0 Å². The van der Waals surface area contributed by atoms with Crippen LogP contribution in [0.4, 0.5) is 4.39 Å². The van der Waals surface area contributed by atoms with E-state index in [4.69, 9.17) is 4.74 Å². The summed E-state index contributed by atoms with van der Waals surface area (Å²) in [4.78, 5) is 27.3. The third-order valence-corrected chi connectivity index (χ3v) is 5.93. The number of halogens is 1. The lowest BCUT2D eigenvalue weighted by atomic mass is 9.95. The van der Waals surface area contributed by atoms with Crippen LogP contribution in [0.15, 0.2) is 60.8 Å². The maximum absolute atomic E-state index is 13.7. The second-order valence-electron chi connectivity index (χ2n) is 8.03. The van der Waals surface area contributed by atoms with E-state index >= 15 is 0 Å². The molecule has 8 heteroatoms. The van der Waals surface area contributed by atoms with Crippen molar-refractivity contribution < 1.29 is 18.7 Å². The number of rotatable bonds is 7. The van der Waals surface area contributed by atoms with Gasteiger partial charge in [-0.25, -0.2) is 9.07 Å². The normalized spacial score (nSPS) is 14.2. The zero-order valence-corrected chi connectivity index (χ0v) is 18.5. The fraction of sp³-hybridized carbons (Fsp3) is 0.320. The van der Waals surface area contributed by atoms with Crippen molar-refractivity contribution in [2.24, 2.45) is 5.92 Å². The van der Waals surface area contributed by atoms with E-state index in [9.17, 15) is 14.0 Å². The van der Waals surface area contributed by atoms with Crippen LogP contribution in [0.5, 0.6) is 5.75 Å². The molecule has 2 amide bonds. The van der Waals surface area contributed by atoms with Crippen LogP contribution < -0.4 is 10.1 Å². The summed E-state index contributed by atoms with van der Waals surface area (Å²) in [5, 5.41) is 7.35. The number of hydrogen-bond acceptors (Lipinski definition) is 4. The molecule has 1 saturated heterocycles. The molecule has 1 aliphatic heterocycles. The van der Waals surface area contributed by atoms with E-state index < -0.39 is 0 Å². The fourth-order valence-electron chi connectivity index (χ4n) is 4.03. The Hall–Kier alpha value is -3.68. The molecule has 4 rings (SSSR count). The molecular weight excluding hydrogens is 423 g/mol. The molecule has 7 nitrogen and oxygen atoms in total. The Balaban J connectivity index is 1.31. The van der Waals surface area contributed by atoms with Gasteiger partial charge >= 0.3 is 0 Å². The summed E-state index contributed by atoms with van der Waals surface area (Å²) in [6.45, 7) is 1.31. The van der Waals surface area contributed by atoms with E-state index in [0.717, 1.165) is 5.69 Å². The maximum Gasteiger partial charge on any atom is 0.278 e. The third-order valence-electron chi connectivity index (χ3n) is 5.93. The van der Waals surface area contributed by atoms with Crippen molar-refractivity contribution in [3.8, 4) is 11.4 Å². The lowest BCUT2D eigenvalue weighted by Crippen LogP contribution is -2.43. The number of para-hydroxylation sites is 1. The largest absolute Gasteiger partial charge is 0.493 e. The zero-order valence-electron chi connectivity index (χ0n) is 18.5. The van der Waals surface area contributed by atoms with E-state index in [0.29, 0.717) is 50.2 Å². The van der Waals surface area contributed by atoms with Crippen LogP contribution in [0.25, 0.3) is 5.69 Å². The number of amides is 2. The summed E-state index contributed by atoms with van der Waals surface area (Å²) in [5.41, 5.74) is 1.68. The van der Waals surface area contributed by atoms with Crippen molar-refractivity contribution in [1.29, 1.82) is 0 Å². The van der Waals surface area contributed by atoms with Gasteiger partial charge in [0.05, 0.1) is 19.0 Å². The monoisotopic (exact) mass is 450 g/mol. The molecule has 1 N–H and O–H groups in total. The second kappa shape index (κ2) is 10.3. The van der Waals surface area contributed by atoms with Gasteiger partial charge in [-0.3, -0.25) is 9.59 Å². The van der Waals surface area contributed by atoms with Gasteiger partial charge in [0, 0.05) is 25.6 Å². The molecule has 172 valence electrons. The Morgan fingerprint density at radius 3 is 2.48 bits per heavy atom. The minimum atomic E-state index is -0.260. The predicted molar refractivity (Wildman–Crippen MR) is 122 cm³/mol. The van der Waals surface area contributed by atoms with Crippen molar-refractivity contribution in [3.63, 3.8) is 0 Å². The highest BCUT2D eigenvalue weighted by Crippen LogP contribution is 2.24. The molecule has 0 saturated carbocycles. The molecule has 33 heavy (non-hydrogen) atoms. The first kappa shape index (κ1) is 22.5. The van der Waals surface area contributed by atoms with E-state index in [1.807, 2.05) is 30.3 Å². The van der Waals surface area contributed by atoms with Gasteiger partial charge < -0.3 is 15.0 Å². The average Bonchev–Trinajstić information content (AvgIpc) is 3.30. The Morgan fingerprint density at radius 2 is 1.79 bits per heavy atom. The van der Waals surface area contributed by atoms with E-state index in [2.05, 4.69) is 10.4 Å². The van der Waals surface area contributed by atoms with Crippen LogP contribution in [-0.4, -0.2) is 53.2 Å². The second-order valence-corrected chi connectivity index (χ2v) is 8.03. The summed E-state index contributed by atoms with van der Waals surface area (Å²) in [6, 6.07) is 16.1. The van der Waals surface area contributed by atoms with Crippen molar-refractivity contribution in [3.05, 3.63) is 77.9 Å². The summed E-state index contributed by atoms with van der Waals surface area (Å²) >= 11 is 0. The van der Waals surface area contributed by atoms with Crippen molar-refractivity contribution in [1.82, 2.24) is 20.0 Å². The topological polar surface area (TPSA) is 76.5 Å². The Kier molecular flexibility index (Phi) is 7.02. The first-order valence-corrected chi connectivity index (χ1v) is 11.1. The van der Waals surface area contributed by atoms with Gasteiger partial charge in [0.2, 0.25) is 5.91 Å². The number of carbonyl (C=O) groups excluding carboxylic acids is 2. The molecule has 1 aliphatic rings. The molecule has 2 heterocycles. The van der Waals surface area contributed by atoms with Gasteiger partial charge in [-0.2, -0.15) is 5.10 Å². The van der Waals surface area contributed by atoms with E-state index in [1.54, 1.807) is 34.0 Å². The van der Waals surface area contributed by atoms with Gasteiger partial charge in [-0.15, -0.1) is 0 Å². The SMILES string of the molecule is COc1cn(-c2ccccc2)nc1C(=O)N1CCC(C(=O)NCCc2ccccc2F)CC1. The lowest BCUT2D eigenvalue weighted by molar-refractivity contribution is -0.126. The smallest absolute Gasteiger partial charge is 0.278 e. The molecule has 1 aromatic heterocycles. The highest BCUT2D eigenvalue weighted by molar-refractivity contribution is 5.95. The van der Waals surface area contributed by atoms with Crippen molar-refractivity contribution in [2.75, 3.05) is 26.7 Å². The highest BCUT2D eigenvalue weighted by atomic mass is 19.1. The number of carbonyl (C=O) groups is 2. The molecular formula is C25H27FN4O3. The van der Waals surface area contributed by atoms with Crippen LogP contribution in [-0.2, 0) is 11.2 Å². The molecule has 0 aliphatic carbocycles. The molecule has 0 spiro atoms. The van der Waals surface area contributed by atoms with Gasteiger partial charge in [0.1, 0.15) is 5.82 Å². The van der Waals surface area contributed by atoms with Crippen LogP contribution >= 0.6 is 0 Å². The van der Waals surface area contributed by atoms with E-state index in [-0.39, 0.29) is 29.2 Å². The number of likely N-dealkylation sites (tertiary alicyclic amines) is 1. The van der Waals surface area contributed by atoms with Crippen LogP contribution in [0, 0.1) is 11.7 Å². The molecule has 2 aromatic carbocycles. The number of piperidine rings is 1. The summed E-state index contributed by atoms with van der Waals surface area (Å²) in [6.07, 6.45) is 3.27. The standard InChI is InChI=1S/C25H27FN4O3/c1-33-22-17-30(20-8-3-2-4-9-20)28-23(22)25(32)29-15-12-19(13-16-29)24(31)27-14-11-18-7-5-6-10-21(18)26/h2-10,17,19H,11-16H2,1H3,(H,27,31). The van der Waals surface area contributed by atoms with Gasteiger partial charge in [0.15, 0.2) is 11.4 Å². The lowest BCUT2D eigenvalue weighted by Gasteiger charge is -2.31. The van der Waals surface area contributed by atoms with Crippen molar-refractivity contribution >= 4 is 11.8 Å². The quantitative estimate of drug-likeness (QED) is 0.600. The minimum absolute atomic E-state index is 0.0515. The van der Waals surface area contributed by atoms with Crippen LogP contribution in [0.2, 0.25) is 0 Å². The van der Waals surface area contributed by atoms with Crippen LogP contribution in [0.3, 0.4) is 0 Å². The number of nitrogens with zero attached hydrogens (tertiary/aromatic N) is 3. The van der Waals surface area contributed by atoms with Gasteiger partial charge in [-0.1, -0.05) is 36.4 Å². The number of aromatic nitrogens is 2. The molecule has 0 atom stereocenters. The summed E-state index contributed by atoms with van der Waals surface area (Å²) in [5.74, 6) is -0.275. The highest BCUT2D eigenvalue weighted by Gasteiger charge is 2.30. The number of ether oxygens (including phenoxy) is 1. The van der Waals surface area contributed by atoms with Crippen LogP contribution in [0.1, 0.15) is 28.9 Å². The predicted octanol–water partition coefficient (Wildman–Crippen LogP) is 3.23. The number of hydrogen-bond donors (Lipinski definition) is 1. The molecule has 0 radical (unpaired) electrons. The third kappa shape index (κ3) is 5.22. The van der Waals surface area contributed by atoms with E-state index in [1.165, 1.54) is 13.2 Å². The maximum atomic E-state index is 13.7. The molecule has 0 bridgehead atoms. The first-order valence-electron chi connectivity index (χ1n) is 11.1. The summed E-state index contributed by atoms with van der Waals surface area (Å²) < 4.78 is 20.7. The Labute approximate surface area is 192 Å². The Bertz CT molecular complexity index is 1110. The van der Waals surface area contributed by atoms with Crippen molar-refractivity contribution in [2.45, 2.75) is 19.3 Å². The average molecular weight is 451 g/mol. The first-order chi connectivity index (χ1) is 16.1. The molecule has 1 fully saturated rings. The molecule has 0 unspecified atom stereocenters.